The van der Waals surface area contributed by atoms with Crippen molar-refractivity contribution in [3.63, 3.8) is 0 Å². The van der Waals surface area contributed by atoms with Gasteiger partial charge in [0.2, 0.25) is 11.5 Å². The van der Waals surface area contributed by atoms with Crippen LogP contribution in [-0.4, -0.2) is 16.2 Å². The van der Waals surface area contributed by atoms with E-state index in [4.69, 9.17) is 9.15 Å². The van der Waals surface area contributed by atoms with Gasteiger partial charge in [-0.2, -0.15) is 5.26 Å². The first-order valence-electron chi connectivity index (χ1n) is 11.2. The number of hydrogen-bond donors (Lipinski definition) is 2. The van der Waals surface area contributed by atoms with Gasteiger partial charge >= 0.3 is 5.97 Å². The molecule has 0 atom stereocenters. The van der Waals surface area contributed by atoms with Crippen LogP contribution in [0.4, 0.5) is 5.69 Å². The Morgan fingerprint density at radius 3 is 2.61 bits per heavy atom. The summed E-state index contributed by atoms with van der Waals surface area (Å²) in [6, 6.07) is 21.0. The van der Waals surface area contributed by atoms with E-state index < -0.39 is 5.97 Å². The van der Waals surface area contributed by atoms with Gasteiger partial charge in [0.15, 0.2) is 5.76 Å². The molecule has 1 aromatic heterocycles. The summed E-state index contributed by atoms with van der Waals surface area (Å²) in [4.78, 5) is 11.8. The molecule has 8 heteroatoms. The van der Waals surface area contributed by atoms with Gasteiger partial charge in [-0.1, -0.05) is 30.3 Å². The summed E-state index contributed by atoms with van der Waals surface area (Å²) in [5, 5.41) is 38.6. The molecule has 0 amide bonds. The van der Waals surface area contributed by atoms with E-state index in [1.54, 1.807) is 12.1 Å². The Balaban J connectivity index is 1.64. The normalized spacial score (nSPS) is 11.9. The SMILES string of the molecule is CC(=O)OC(=C(C#N)N=Nc1cc(CCc2cc(O)ccc2O)ccc1C)c1cc2ccccc2o1. The minimum absolute atomic E-state index is 0.0880. The molecule has 8 nitrogen and oxygen atoms in total. The first-order chi connectivity index (χ1) is 17.3. The van der Waals surface area contributed by atoms with Crippen LogP contribution in [0.3, 0.4) is 0 Å². The van der Waals surface area contributed by atoms with Crippen LogP contribution in [0, 0.1) is 18.3 Å². The molecule has 180 valence electrons. The number of furan rings is 1. The van der Waals surface area contributed by atoms with Crippen molar-refractivity contribution in [1.29, 1.82) is 5.26 Å². The van der Waals surface area contributed by atoms with Crippen molar-refractivity contribution >= 4 is 28.4 Å². The lowest BCUT2D eigenvalue weighted by Gasteiger charge is -2.08. The van der Waals surface area contributed by atoms with Crippen LogP contribution < -0.4 is 0 Å². The molecule has 36 heavy (non-hydrogen) atoms. The Morgan fingerprint density at radius 2 is 1.86 bits per heavy atom. The number of benzene rings is 3. The third-order valence-corrected chi connectivity index (χ3v) is 5.49. The highest BCUT2D eigenvalue weighted by Gasteiger charge is 2.18. The zero-order valence-electron chi connectivity index (χ0n) is 19.7. The Labute approximate surface area is 207 Å². The van der Waals surface area contributed by atoms with Crippen LogP contribution >= 0.6 is 0 Å². The number of nitrogens with zero attached hydrogens (tertiary/aromatic N) is 3. The average Bonchev–Trinajstić information content (AvgIpc) is 3.29. The van der Waals surface area contributed by atoms with Crippen LogP contribution in [-0.2, 0) is 22.4 Å². The predicted molar refractivity (Wildman–Crippen MR) is 133 cm³/mol. The molecule has 0 fully saturated rings. The monoisotopic (exact) mass is 481 g/mol. The Morgan fingerprint density at radius 1 is 1.06 bits per heavy atom. The second-order valence-corrected chi connectivity index (χ2v) is 8.17. The van der Waals surface area contributed by atoms with Crippen LogP contribution in [0.25, 0.3) is 16.7 Å². The van der Waals surface area contributed by atoms with Gasteiger partial charge in [-0.3, -0.25) is 4.79 Å². The second-order valence-electron chi connectivity index (χ2n) is 8.17. The maximum atomic E-state index is 11.8. The standard InChI is InChI=1S/C28H23N3O5/c1-17-7-8-19(9-10-20-14-22(33)11-12-25(20)34)13-23(17)30-31-24(16-29)28(35-18(2)32)27-15-21-5-3-4-6-26(21)36-27/h3-8,11-15,33-34H,9-10H2,1-2H3. The molecular weight excluding hydrogens is 458 g/mol. The number of nitriles is 1. The molecule has 1 heterocycles. The van der Waals surface area contributed by atoms with Gasteiger partial charge in [0.1, 0.15) is 23.2 Å². The smallest absolute Gasteiger partial charge is 0.308 e. The van der Waals surface area contributed by atoms with Crippen molar-refractivity contribution in [3.05, 3.63) is 94.9 Å². The van der Waals surface area contributed by atoms with Crippen LogP contribution in [0.1, 0.15) is 29.4 Å². The first-order valence-corrected chi connectivity index (χ1v) is 11.2. The number of ether oxygens (including phenoxy) is 1. The minimum Gasteiger partial charge on any atom is -0.508 e. The lowest BCUT2D eigenvalue weighted by molar-refractivity contribution is -0.134. The van der Waals surface area contributed by atoms with E-state index in [-0.39, 0.29) is 28.7 Å². The van der Waals surface area contributed by atoms with Gasteiger partial charge < -0.3 is 19.4 Å². The van der Waals surface area contributed by atoms with E-state index in [0.29, 0.717) is 29.7 Å². The molecule has 0 bridgehead atoms. The van der Waals surface area contributed by atoms with Crippen LogP contribution in [0.15, 0.2) is 87.1 Å². The summed E-state index contributed by atoms with van der Waals surface area (Å²) in [6.07, 6.45) is 1.09. The number of aryl methyl sites for hydroxylation is 3. The fraction of sp³-hybridized carbons (Fsp3) is 0.143. The fourth-order valence-electron chi connectivity index (χ4n) is 3.64. The van der Waals surface area contributed by atoms with Crippen molar-refractivity contribution < 1.29 is 24.2 Å². The zero-order chi connectivity index (χ0) is 25.7. The van der Waals surface area contributed by atoms with Gasteiger partial charge in [0.25, 0.3) is 0 Å². The lowest BCUT2D eigenvalue weighted by Crippen LogP contribution is -2.00. The van der Waals surface area contributed by atoms with Gasteiger partial charge in [-0.05, 0) is 72.9 Å². The van der Waals surface area contributed by atoms with Crippen molar-refractivity contribution in [2.24, 2.45) is 10.2 Å². The first kappa shape index (κ1) is 24.2. The molecule has 2 N–H and O–H groups in total. The van der Waals surface area contributed by atoms with E-state index in [2.05, 4.69) is 10.2 Å². The van der Waals surface area contributed by atoms with E-state index in [1.165, 1.54) is 25.1 Å². The topological polar surface area (TPSA) is 128 Å². The van der Waals surface area contributed by atoms with Crippen LogP contribution in [0.5, 0.6) is 11.5 Å². The zero-order valence-corrected chi connectivity index (χ0v) is 19.7. The van der Waals surface area contributed by atoms with Gasteiger partial charge in [-0.25, -0.2) is 0 Å². The Hall–Kier alpha value is -4.90. The quantitative estimate of drug-likeness (QED) is 0.102. The lowest BCUT2D eigenvalue weighted by atomic mass is 10.0. The average molecular weight is 482 g/mol. The summed E-state index contributed by atoms with van der Waals surface area (Å²) in [5.74, 6) is -0.338. The van der Waals surface area contributed by atoms with E-state index in [9.17, 15) is 20.3 Å². The summed E-state index contributed by atoms with van der Waals surface area (Å²) in [6.45, 7) is 3.09. The number of phenols is 2. The maximum absolute atomic E-state index is 11.8. The number of allylic oxidation sites excluding steroid dienone is 1. The maximum Gasteiger partial charge on any atom is 0.308 e. The summed E-state index contributed by atoms with van der Waals surface area (Å²) in [5.41, 5.74) is 3.29. The van der Waals surface area contributed by atoms with Gasteiger partial charge in [-0.15, -0.1) is 10.2 Å². The van der Waals surface area contributed by atoms with E-state index in [0.717, 1.165) is 16.5 Å². The predicted octanol–water partition coefficient (Wildman–Crippen LogP) is 6.48. The Kier molecular flexibility index (Phi) is 7.12. The second kappa shape index (κ2) is 10.6. The Bertz CT molecular complexity index is 1510. The number of aromatic hydroxyl groups is 2. The number of hydrogen-bond acceptors (Lipinski definition) is 8. The fourth-order valence-corrected chi connectivity index (χ4v) is 3.64. The van der Waals surface area contributed by atoms with Gasteiger partial charge in [0, 0.05) is 12.3 Å². The van der Waals surface area contributed by atoms with Crippen molar-refractivity contribution in [2.75, 3.05) is 0 Å². The number of esters is 1. The third kappa shape index (κ3) is 5.59. The molecule has 0 saturated carbocycles. The van der Waals surface area contributed by atoms with E-state index >= 15 is 0 Å². The molecule has 3 aromatic carbocycles. The number of azo groups is 1. The molecule has 4 aromatic rings. The van der Waals surface area contributed by atoms with Crippen LogP contribution in [0.2, 0.25) is 0 Å². The molecule has 0 aliphatic heterocycles. The number of para-hydroxylation sites is 1. The number of carbonyl (C=O) groups excluding carboxylic acids is 1. The van der Waals surface area contributed by atoms with Crippen molar-refractivity contribution in [1.82, 2.24) is 0 Å². The highest BCUT2D eigenvalue weighted by atomic mass is 16.5. The number of carbonyl (C=O) groups is 1. The molecule has 0 radical (unpaired) electrons. The molecule has 0 unspecified atom stereocenters. The molecule has 4 rings (SSSR count). The number of phenolic OH excluding ortho intramolecular Hbond substituents is 2. The van der Waals surface area contributed by atoms with Crippen molar-refractivity contribution in [3.8, 4) is 17.6 Å². The highest BCUT2D eigenvalue weighted by Crippen LogP contribution is 2.30. The highest BCUT2D eigenvalue weighted by molar-refractivity contribution is 5.84. The van der Waals surface area contributed by atoms with Crippen molar-refractivity contribution in [2.45, 2.75) is 26.7 Å². The van der Waals surface area contributed by atoms with E-state index in [1.807, 2.05) is 49.4 Å². The summed E-state index contributed by atoms with van der Waals surface area (Å²) in [7, 11) is 0. The minimum atomic E-state index is -0.623. The molecule has 0 saturated heterocycles. The third-order valence-electron chi connectivity index (χ3n) is 5.49. The summed E-state index contributed by atoms with van der Waals surface area (Å²) >= 11 is 0. The largest absolute Gasteiger partial charge is 0.508 e. The molecule has 0 spiro atoms. The number of fused-ring (bicyclic) bond motifs is 1. The summed E-state index contributed by atoms with van der Waals surface area (Å²) < 4.78 is 11.1. The number of rotatable bonds is 7. The molecule has 0 aliphatic carbocycles. The molecule has 0 aliphatic rings. The molecular formula is C28H23N3O5. The van der Waals surface area contributed by atoms with Gasteiger partial charge in [0.05, 0.1) is 5.69 Å².